The van der Waals surface area contributed by atoms with E-state index in [0.29, 0.717) is 12.3 Å². The zero-order chi connectivity index (χ0) is 16.2. The molecule has 3 atom stereocenters. The number of hydrogen-bond acceptors (Lipinski definition) is 2. The quantitative estimate of drug-likeness (QED) is 0.929. The van der Waals surface area contributed by atoms with Gasteiger partial charge in [-0.15, -0.1) is 0 Å². The van der Waals surface area contributed by atoms with Gasteiger partial charge in [-0.2, -0.15) is 0 Å². The molecule has 1 aromatic rings. The third kappa shape index (κ3) is 3.92. The Labute approximate surface area is 137 Å². The fraction of sp³-hybridized carbons (Fsp3) is 0.579. The molecule has 2 fully saturated rings. The number of nitrogens with zero attached hydrogens (tertiary/aromatic N) is 1. The summed E-state index contributed by atoms with van der Waals surface area (Å²) in [5, 5.41) is 9.18. The lowest BCUT2D eigenvalue weighted by atomic mass is 9.81. The second kappa shape index (κ2) is 7.16. The number of carboxylic acids is 1. The third-order valence-corrected chi connectivity index (χ3v) is 5.34. The second-order valence-corrected chi connectivity index (χ2v) is 7.03. The molecule has 1 aliphatic heterocycles. The van der Waals surface area contributed by atoms with E-state index < -0.39 is 5.97 Å². The van der Waals surface area contributed by atoms with Crippen LogP contribution in [0.1, 0.15) is 37.7 Å². The van der Waals surface area contributed by atoms with E-state index in [2.05, 4.69) is 24.3 Å². The number of aliphatic carboxylic acids is 1. The van der Waals surface area contributed by atoms with Crippen molar-refractivity contribution < 1.29 is 14.7 Å². The summed E-state index contributed by atoms with van der Waals surface area (Å²) >= 11 is 0. The maximum absolute atomic E-state index is 12.7. The van der Waals surface area contributed by atoms with Gasteiger partial charge >= 0.3 is 5.97 Å². The number of benzene rings is 1. The number of hydrogen-bond donors (Lipinski definition) is 1. The van der Waals surface area contributed by atoms with Gasteiger partial charge in [-0.3, -0.25) is 9.59 Å². The van der Waals surface area contributed by atoms with Crippen molar-refractivity contribution in [3.63, 3.8) is 0 Å². The van der Waals surface area contributed by atoms with Crippen LogP contribution in [-0.4, -0.2) is 35.0 Å². The Morgan fingerprint density at radius 2 is 1.83 bits per heavy atom. The molecule has 3 rings (SSSR count). The smallest absolute Gasteiger partial charge is 0.306 e. The molecule has 0 spiro atoms. The highest BCUT2D eigenvalue weighted by Gasteiger charge is 2.35. The minimum atomic E-state index is -0.745. The Kier molecular flexibility index (Phi) is 4.99. The molecule has 1 N–H and O–H groups in total. The summed E-state index contributed by atoms with van der Waals surface area (Å²) in [6.45, 7) is 1.65. The van der Waals surface area contributed by atoms with Crippen molar-refractivity contribution in [2.24, 2.45) is 17.8 Å². The van der Waals surface area contributed by atoms with Gasteiger partial charge in [0.15, 0.2) is 0 Å². The second-order valence-electron chi connectivity index (χ2n) is 7.03. The molecule has 3 unspecified atom stereocenters. The Bertz CT molecular complexity index is 557. The van der Waals surface area contributed by atoms with Crippen molar-refractivity contribution >= 4 is 11.9 Å². The number of rotatable bonds is 4. The van der Waals surface area contributed by atoms with Crippen LogP contribution < -0.4 is 0 Å². The van der Waals surface area contributed by atoms with E-state index in [1.54, 1.807) is 0 Å². The van der Waals surface area contributed by atoms with Gasteiger partial charge in [0.05, 0.1) is 5.92 Å². The van der Waals surface area contributed by atoms with Crippen LogP contribution in [0.25, 0.3) is 0 Å². The monoisotopic (exact) mass is 315 g/mol. The van der Waals surface area contributed by atoms with Crippen molar-refractivity contribution in [2.75, 3.05) is 13.1 Å². The zero-order valence-corrected chi connectivity index (χ0v) is 13.5. The molecular formula is C19H25NO3. The molecule has 4 heteroatoms. The molecule has 124 valence electrons. The molecular weight excluding hydrogens is 290 g/mol. The molecule has 2 aliphatic rings. The first-order valence-electron chi connectivity index (χ1n) is 8.69. The fourth-order valence-corrected chi connectivity index (χ4v) is 4.04. The summed E-state index contributed by atoms with van der Waals surface area (Å²) in [5.41, 5.74) is 1.33. The standard InChI is InChI=1S/C19H25NO3/c21-18(16-7-4-8-17(12-16)19(22)23)20-10-9-15(13-20)11-14-5-2-1-3-6-14/h1-3,5-6,15-17H,4,7-13H2,(H,22,23). The SMILES string of the molecule is O=C(O)C1CCCC(C(=O)N2CCC(Cc3ccccc3)C2)C1. The van der Waals surface area contributed by atoms with Gasteiger partial charge in [0, 0.05) is 19.0 Å². The van der Waals surface area contributed by atoms with Crippen molar-refractivity contribution in [2.45, 2.75) is 38.5 Å². The van der Waals surface area contributed by atoms with Gasteiger partial charge in [0.25, 0.3) is 0 Å². The molecule has 1 saturated heterocycles. The maximum atomic E-state index is 12.7. The molecule has 0 aromatic heterocycles. The van der Waals surface area contributed by atoms with E-state index in [1.807, 2.05) is 11.0 Å². The Balaban J connectivity index is 1.54. The Hall–Kier alpha value is -1.84. The first-order chi connectivity index (χ1) is 11.1. The first kappa shape index (κ1) is 16.0. The molecule has 1 aliphatic carbocycles. The highest BCUT2D eigenvalue weighted by atomic mass is 16.4. The van der Waals surface area contributed by atoms with Gasteiger partial charge in [0.1, 0.15) is 0 Å². The number of carbonyl (C=O) groups is 2. The van der Waals surface area contributed by atoms with Gasteiger partial charge in [-0.05, 0) is 43.6 Å². The van der Waals surface area contributed by atoms with Crippen molar-refractivity contribution in [3.05, 3.63) is 35.9 Å². The van der Waals surface area contributed by atoms with E-state index >= 15 is 0 Å². The molecule has 23 heavy (non-hydrogen) atoms. The van der Waals surface area contributed by atoms with Crippen LogP contribution >= 0.6 is 0 Å². The molecule has 1 saturated carbocycles. The summed E-state index contributed by atoms with van der Waals surface area (Å²) in [7, 11) is 0. The van der Waals surface area contributed by atoms with E-state index in [1.165, 1.54) is 5.56 Å². The minimum Gasteiger partial charge on any atom is -0.481 e. The van der Waals surface area contributed by atoms with Gasteiger partial charge in [-0.25, -0.2) is 0 Å². The summed E-state index contributed by atoms with van der Waals surface area (Å²) < 4.78 is 0. The van der Waals surface area contributed by atoms with E-state index in [-0.39, 0.29) is 17.7 Å². The van der Waals surface area contributed by atoms with Crippen LogP contribution in [0, 0.1) is 17.8 Å². The lowest BCUT2D eigenvalue weighted by Gasteiger charge is -2.29. The summed E-state index contributed by atoms with van der Waals surface area (Å²) in [6.07, 6.45) is 5.02. The number of likely N-dealkylation sites (tertiary alicyclic amines) is 1. The molecule has 0 bridgehead atoms. The number of carbonyl (C=O) groups excluding carboxylic acids is 1. The largest absolute Gasteiger partial charge is 0.481 e. The van der Waals surface area contributed by atoms with Crippen LogP contribution in [0.15, 0.2) is 30.3 Å². The Morgan fingerprint density at radius 3 is 2.57 bits per heavy atom. The summed E-state index contributed by atoms with van der Waals surface area (Å²) in [6, 6.07) is 10.4. The zero-order valence-electron chi connectivity index (χ0n) is 13.5. The highest BCUT2D eigenvalue weighted by Crippen LogP contribution is 2.32. The molecule has 1 amide bonds. The van der Waals surface area contributed by atoms with Crippen LogP contribution in [-0.2, 0) is 16.0 Å². The van der Waals surface area contributed by atoms with Gasteiger partial charge in [-0.1, -0.05) is 36.8 Å². The van der Waals surface area contributed by atoms with Gasteiger partial charge in [0.2, 0.25) is 5.91 Å². The van der Waals surface area contributed by atoms with E-state index in [4.69, 9.17) is 0 Å². The molecule has 4 nitrogen and oxygen atoms in total. The number of amides is 1. The topological polar surface area (TPSA) is 57.6 Å². The highest BCUT2D eigenvalue weighted by molar-refractivity contribution is 5.80. The van der Waals surface area contributed by atoms with Crippen LogP contribution in [0.2, 0.25) is 0 Å². The molecule has 1 aromatic carbocycles. The lowest BCUT2D eigenvalue weighted by molar-refractivity contribution is -0.145. The van der Waals surface area contributed by atoms with Crippen LogP contribution in [0.5, 0.6) is 0 Å². The van der Waals surface area contributed by atoms with Crippen molar-refractivity contribution in [3.8, 4) is 0 Å². The van der Waals surface area contributed by atoms with Crippen LogP contribution in [0.3, 0.4) is 0 Å². The van der Waals surface area contributed by atoms with E-state index in [9.17, 15) is 14.7 Å². The predicted molar refractivity (Wildman–Crippen MR) is 87.9 cm³/mol. The average Bonchev–Trinajstić information content (AvgIpc) is 3.03. The van der Waals surface area contributed by atoms with Crippen molar-refractivity contribution in [1.82, 2.24) is 4.90 Å². The molecule has 0 radical (unpaired) electrons. The summed E-state index contributed by atoms with van der Waals surface area (Å²) in [5.74, 6) is -0.446. The number of carboxylic acid groups (broad SMARTS) is 1. The van der Waals surface area contributed by atoms with Gasteiger partial charge < -0.3 is 10.0 Å². The van der Waals surface area contributed by atoms with E-state index in [0.717, 1.165) is 45.2 Å². The normalized spacial score (nSPS) is 27.8. The fourth-order valence-electron chi connectivity index (χ4n) is 4.04. The Morgan fingerprint density at radius 1 is 1.09 bits per heavy atom. The summed E-state index contributed by atoms with van der Waals surface area (Å²) in [4.78, 5) is 25.8. The van der Waals surface area contributed by atoms with Crippen LogP contribution in [0.4, 0.5) is 0 Å². The maximum Gasteiger partial charge on any atom is 0.306 e. The predicted octanol–water partition coefficient (Wildman–Crippen LogP) is 2.97. The average molecular weight is 315 g/mol. The van der Waals surface area contributed by atoms with Crippen molar-refractivity contribution in [1.29, 1.82) is 0 Å². The minimum absolute atomic E-state index is 0.0830. The first-order valence-corrected chi connectivity index (χ1v) is 8.69. The lowest BCUT2D eigenvalue weighted by Crippen LogP contribution is -2.38. The molecule has 1 heterocycles. The third-order valence-electron chi connectivity index (χ3n) is 5.34.